The highest BCUT2D eigenvalue weighted by Gasteiger charge is 2.34. The van der Waals surface area contributed by atoms with Crippen LogP contribution in [0.15, 0.2) is 36.8 Å². The zero-order valence-corrected chi connectivity index (χ0v) is 20.6. The Kier molecular flexibility index (Phi) is 5.62. The highest BCUT2D eigenvalue weighted by atomic mass is 16.6. The van der Waals surface area contributed by atoms with Gasteiger partial charge in [0.15, 0.2) is 0 Å². The molecule has 0 radical (unpaired) electrons. The minimum absolute atomic E-state index is 0.103. The number of hydrogen-bond acceptors (Lipinski definition) is 6. The van der Waals surface area contributed by atoms with Crippen molar-refractivity contribution in [2.24, 2.45) is 0 Å². The van der Waals surface area contributed by atoms with Gasteiger partial charge in [0.2, 0.25) is 0 Å². The summed E-state index contributed by atoms with van der Waals surface area (Å²) in [5.74, 6) is 2.30. The van der Waals surface area contributed by atoms with E-state index >= 15 is 0 Å². The lowest BCUT2D eigenvalue weighted by molar-refractivity contribution is 0.0218. The SMILES string of the molecule is COc1cccc(-n2cc(C3CC3)c3c(N4CCN(C(=O)OC(C)(C)C)C[C@H]4C)ncnc32)c1. The summed E-state index contributed by atoms with van der Waals surface area (Å²) < 4.78 is 13.2. The molecule has 1 aromatic carbocycles. The van der Waals surface area contributed by atoms with Crippen molar-refractivity contribution >= 4 is 22.9 Å². The summed E-state index contributed by atoms with van der Waals surface area (Å²) >= 11 is 0. The van der Waals surface area contributed by atoms with Gasteiger partial charge in [-0.2, -0.15) is 0 Å². The van der Waals surface area contributed by atoms with Crippen molar-refractivity contribution in [3.63, 3.8) is 0 Å². The number of fused-ring (bicyclic) bond motifs is 1. The number of carbonyl (C=O) groups is 1. The Morgan fingerprint density at radius 1 is 1.15 bits per heavy atom. The Morgan fingerprint density at radius 2 is 1.94 bits per heavy atom. The molecule has 3 heterocycles. The van der Waals surface area contributed by atoms with E-state index < -0.39 is 5.60 Å². The molecule has 180 valence electrons. The number of benzene rings is 1. The van der Waals surface area contributed by atoms with Crippen molar-refractivity contribution in [1.82, 2.24) is 19.4 Å². The normalized spacial score (nSPS) is 18.9. The van der Waals surface area contributed by atoms with Crippen LogP contribution in [0.3, 0.4) is 0 Å². The summed E-state index contributed by atoms with van der Waals surface area (Å²) in [4.78, 5) is 26.2. The Bertz CT molecular complexity index is 1210. The first-order valence-electron chi connectivity index (χ1n) is 12.0. The van der Waals surface area contributed by atoms with E-state index in [1.54, 1.807) is 18.3 Å². The molecule has 2 fully saturated rings. The van der Waals surface area contributed by atoms with E-state index in [4.69, 9.17) is 19.4 Å². The Labute approximate surface area is 200 Å². The number of rotatable bonds is 4. The summed E-state index contributed by atoms with van der Waals surface area (Å²) in [7, 11) is 1.68. The second-order valence-electron chi connectivity index (χ2n) is 10.3. The Morgan fingerprint density at radius 3 is 2.62 bits per heavy atom. The van der Waals surface area contributed by atoms with Gasteiger partial charge in [-0.3, -0.25) is 0 Å². The van der Waals surface area contributed by atoms with Crippen LogP contribution in [0.2, 0.25) is 0 Å². The highest BCUT2D eigenvalue weighted by molar-refractivity contribution is 5.93. The van der Waals surface area contributed by atoms with E-state index in [9.17, 15) is 4.79 Å². The van der Waals surface area contributed by atoms with E-state index in [0.717, 1.165) is 28.3 Å². The maximum atomic E-state index is 12.6. The summed E-state index contributed by atoms with van der Waals surface area (Å²) in [6.07, 6.45) is 5.99. The second kappa shape index (κ2) is 8.49. The van der Waals surface area contributed by atoms with Crippen LogP contribution < -0.4 is 9.64 Å². The van der Waals surface area contributed by atoms with Gasteiger partial charge >= 0.3 is 6.09 Å². The van der Waals surface area contributed by atoms with Crippen LogP contribution in [0.25, 0.3) is 16.7 Å². The molecule has 0 N–H and O–H groups in total. The monoisotopic (exact) mass is 463 g/mol. The van der Waals surface area contributed by atoms with Gasteiger partial charge < -0.3 is 23.8 Å². The zero-order chi connectivity index (χ0) is 24.0. The summed E-state index contributed by atoms with van der Waals surface area (Å²) in [5, 5.41) is 1.12. The number of nitrogens with zero attached hydrogens (tertiary/aromatic N) is 5. The zero-order valence-electron chi connectivity index (χ0n) is 20.6. The summed E-state index contributed by atoms with van der Waals surface area (Å²) in [5.41, 5.74) is 2.72. The number of piperazine rings is 1. The average molecular weight is 464 g/mol. The first kappa shape index (κ1) is 22.5. The molecule has 1 amide bonds. The van der Waals surface area contributed by atoms with E-state index in [0.29, 0.717) is 25.6 Å². The summed E-state index contributed by atoms with van der Waals surface area (Å²) in [6, 6.07) is 8.15. The van der Waals surface area contributed by atoms with Gasteiger partial charge in [0.05, 0.1) is 18.2 Å². The number of amides is 1. The number of ether oxygens (including phenoxy) is 2. The number of carbonyl (C=O) groups excluding carboxylic acids is 1. The summed E-state index contributed by atoms with van der Waals surface area (Å²) in [6.45, 7) is 9.72. The van der Waals surface area contributed by atoms with Crippen LogP contribution in [0, 0.1) is 0 Å². The second-order valence-corrected chi connectivity index (χ2v) is 10.3. The predicted molar refractivity (Wildman–Crippen MR) is 132 cm³/mol. The van der Waals surface area contributed by atoms with E-state index in [1.807, 2.05) is 39.0 Å². The molecule has 1 atom stereocenters. The first-order chi connectivity index (χ1) is 16.2. The molecule has 1 saturated carbocycles. The fraction of sp³-hybridized carbons (Fsp3) is 0.500. The topological polar surface area (TPSA) is 72.7 Å². The maximum absolute atomic E-state index is 12.6. The van der Waals surface area contributed by atoms with Gasteiger partial charge in [-0.25, -0.2) is 14.8 Å². The lowest BCUT2D eigenvalue weighted by Gasteiger charge is -2.41. The van der Waals surface area contributed by atoms with E-state index in [-0.39, 0.29) is 12.1 Å². The van der Waals surface area contributed by atoms with Crippen molar-refractivity contribution in [1.29, 1.82) is 0 Å². The van der Waals surface area contributed by atoms with Crippen LogP contribution in [0.4, 0.5) is 10.6 Å². The molecular weight excluding hydrogens is 430 g/mol. The fourth-order valence-corrected chi connectivity index (χ4v) is 4.72. The quantitative estimate of drug-likeness (QED) is 0.556. The van der Waals surface area contributed by atoms with Crippen molar-refractivity contribution in [2.45, 2.75) is 58.1 Å². The first-order valence-corrected chi connectivity index (χ1v) is 12.0. The molecule has 0 unspecified atom stereocenters. The van der Waals surface area contributed by atoms with Crippen molar-refractivity contribution < 1.29 is 14.3 Å². The fourth-order valence-electron chi connectivity index (χ4n) is 4.72. The number of methoxy groups -OCH3 is 1. The lowest BCUT2D eigenvalue weighted by atomic mass is 10.1. The molecule has 1 aliphatic heterocycles. The third-order valence-corrected chi connectivity index (χ3v) is 6.49. The molecule has 8 nitrogen and oxygen atoms in total. The molecule has 5 rings (SSSR count). The van der Waals surface area contributed by atoms with E-state index in [2.05, 4.69) is 28.7 Å². The molecular formula is C26H33N5O3. The molecule has 34 heavy (non-hydrogen) atoms. The van der Waals surface area contributed by atoms with Crippen molar-refractivity contribution in [3.05, 3.63) is 42.4 Å². The molecule has 2 aliphatic rings. The van der Waals surface area contributed by atoms with Gasteiger partial charge in [-0.15, -0.1) is 0 Å². The number of anilines is 1. The molecule has 2 aromatic heterocycles. The molecule has 0 bridgehead atoms. The Hall–Kier alpha value is -3.29. The van der Waals surface area contributed by atoms with Crippen LogP contribution in [0.5, 0.6) is 5.75 Å². The van der Waals surface area contributed by atoms with Crippen LogP contribution in [-0.4, -0.2) is 63.9 Å². The van der Waals surface area contributed by atoms with Crippen LogP contribution in [-0.2, 0) is 4.74 Å². The Balaban J connectivity index is 1.50. The maximum Gasteiger partial charge on any atom is 0.410 e. The number of hydrogen-bond donors (Lipinski definition) is 0. The smallest absolute Gasteiger partial charge is 0.410 e. The lowest BCUT2D eigenvalue weighted by Crippen LogP contribution is -2.54. The van der Waals surface area contributed by atoms with Gasteiger partial charge in [0, 0.05) is 37.9 Å². The standard InChI is InChI=1S/C26H33N5O3/c1-17-14-29(25(32)34-26(2,3)4)11-12-30(17)23-22-21(18-9-10-18)15-31(24(22)28-16-27-23)19-7-6-8-20(13-19)33-5/h6-8,13,15-18H,9-12,14H2,1-5H3/t17-/m1/s1. The largest absolute Gasteiger partial charge is 0.497 e. The molecule has 1 aliphatic carbocycles. The minimum atomic E-state index is -0.502. The third kappa shape index (κ3) is 4.29. The molecule has 8 heteroatoms. The molecule has 0 spiro atoms. The van der Waals surface area contributed by atoms with Gasteiger partial charge in [0.1, 0.15) is 29.1 Å². The van der Waals surface area contributed by atoms with Crippen molar-refractivity contribution in [3.8, 4) is 11.4 Å². The molecule has 3 aromatic rings. The number of aromatic nitrogens is 3. The third-order valence-electron chi connectivity index (χ3n) is 6.49. The molecule has 1 saturated heterocycles. The van der Waals surface area contributed by atoms with Crippen LogP contribution in [0.1, 0.15) is 52.0 Å². The van der Waals surface area contributed by atoms with E-state index in [1.165, 1.54) is 18.4 Å². The highest BCUT2D eigenvalue weighted by Crippen LogP contribution is 2.46. The minimum Gasteiger partial charge on any atom is -0.497 e. The van der Waals surface area contributed by atoms with Crippen molar-refractivity contribution in [2.75, 3.05) is 31.6 Å². The predicted octanol–water partition coefficient (Wildman–Crippen LogP) is 4.75. The average Bonchev–Trinajstić information content (AvgIpc) is 3.57. The van der Waals surface area contributed by atoms with Gasteiger partial charge in [0.25, 0.3) is 0 Å². The van der Waals surface area contributed by atoms with Crippen LogP contribution >= 0.6 is 0 Å². The van der Waals surface area contributed by atoms with Gasteiger partial charge in [-0.05, 0) is 64.2 Å². The van der Waals surface area contributed by atoms with Gasteiger partial charge in [-0.1, -0.05) is 6.07 Å².